The smallest absolute Gasteiger partial charge is 0.163 e. The van der Waals surface area contributed by atoms with Crippen LogP contribution in [0.3, 0.4) is 0 Å². The van der Waals surface area contributed by atoms with E-state index in [1.165, 1.54) is 0 Å². The molecular weight excluding hydrogens is 252 g/mol. The van der Waals surface area contributed by atoms with Crippen LogP contribution in [-0.4, -0.2) is 20.0 Å². The summed E-state index contributed by atoms with van der Waals surface area (Å²) in [6.07, 6.45) is 1.21. The Kier molecular flexibility index (Phi) is 4.77. The fraction of sp³-hybridized carbons (Fsp3) is 0.235. The Morgan fingerprint density at radius 1 is 0.950 bits per heavy atom. The number of methoxy groups -OCH3 is 2. The fourth-order valence-electron chi connectivity index (χ4n) is 2.02. The van der Waals surface area contributed by atoms with E-state index in [2.05, 4.69) is 0 Å². The van der Waals surface area contributed by atoms with Crippen molar-refractivity contribution in [2.45, 2.75) is 12.8 Å². The summed E-state index contributed by atoms with van der Waals surface area (Å²) in [7, 11) is 3.15. The molecule has 104 valence electrons. The van der Waals surface area contributed by atoms with Crippen molar-refractivity contribution in [3.63, 3.8) is 0 Å². The van der Waals surface area contributed by atoms with E-state index in [-0.39, 0.29) is 5.78 Å². The maximum atomic E-state index is 12.2. The van der Waals surface area contributed by atoms with E-state index >= 15 is 0 Å². The van der Waals surface area contributed by atoms with Gasteiger partial charge in [-0.15, -0.1) is 0 Å². The zero-order valence-corrected chi connectivity index (χ0v) is 11.8. The second-order valence-corrected chi connectivity index (χ2v) is 4.51. The second kappa shape index (κ2) is 6.75. The van der Waals surface area contributed by atoms with Crippen molar-refractivity contribution < 1.29 is 14.3 Å². The summed E-state index contributed by atoms with van der Waals surface area (Å²) in [6, 6.07) is 15.2. The molecule has 0 radical (unpaired) electrons. The van der Waals surface area contributed by atoms with Crippen LogP contribution in [0.15, 0.2) is 48.5 Å². The molecule has 0 unspecified atom stereocenters. The average Bonchev–Trinajstić information content (AvgIpc) is 2.52. The molecule has 2 aromatic carbocycles. The number of Topliss-reactive ketones (excluding diaryl/α,β-unsaturated/α-hetero) is 1. The summed E-state index contributed by atoms with van der Waals surface area (Å²) < 4.78 is 10.4. The molecule has 0 heterocycles. The molecule has 2 rings (SSSR count). The van der Waals surface area contributed by atoms with E-state index in [0.717, 1.165) is 12.0 Å². The zero-order chi connectivity index (χ0) is 14.4. The van der Waals surface area contributed by atoms with Crippen molar-refractivity contribution >= 4 is 5.78 Å². The second-order valence-electron chi connectivity index (χ2n) is 4.51. The minimum absolute atomic E-state index is 0.0889. The Morgan fingerprint density at radius 3 is 2.10 bits per heavy atom. The van der Waals surface area contributed by atoms with Gasteiger partial charge in [0.1, 0.15) is 11.5 Å². The van der Waals surface area contributed by atoms with Gasteiger partial charge in [-0.2, -0.15) is 0 Å². The maximum absolute atomic E-state index is 12.2. The molecule has 0 aliphatic rings. The van der Waals surface area contributed by atoms with Crippen LogP contribution in [0.5, 0.6) is 11.5 Å². The Balaban J connectivity index is 2.08. The van der Waals surface area contributed by atoms with Crippen LogP contribution in [0.4, 0.5) is 0 Å². The molecule has 0 saturated carbocycles. The molecule has 0 atom stereocenters. The summed E-state index contributed by atoms with van der Waals surface area (Å²) in [5.41, 5.74) is 1.79. The first-order chi connectivity index (χ1) is 9.72. The number of carbonyl (C=O) groups excluding carboxylic acids is 1. The van der Waals surface area contributed by atoms with Crippen molar-refractivity contribution in [3.8, 4) is 11.5 Å². The highest BCUT2D eigenvalue weighted by molar-refractivity contribution is 5.97. The molecular formula is C17H18O3. The predicted molar refractivity (Wildman–Crippen MR) is 78.6 cm³/mol. The Labute approximate surface area is 119 Å². The molecule has 20 heavy (non-hydrogen) atoms. The Hall–Kier alpha value is -2.29. The highest BCUT2D eigenvalue weighted by atomic mass is 16.5. The molecule has 0 spiro atoms. The van der Waals surface area contributed by atoms with E-state index in [1.807, 2.05) is 30.3 Å². The summed E-state index contributed by atoms with van der Waals surface area (Å²) in [6.45, 7) is 0. The molecule has 0 bridgehead atoms. The quantitative estimate of drug-likeness (QED) is 0.753. The highest BCUT2D eigenvalue weighted by Crippen LogP contribution is 2.23. The summed E-state index contributed by atoms with van der Waals surface area (Å²) in [5, 5.41) is 0. The number of benzene rings is 2. The van der Waals surface area contributed by atoms with Crippen molar-refractivity contribution in [1.82, 2.24) is 0 Å². The number of aryl methyl sites for hydroxylation is 1. The lowest BCUT2D eigenvalue weighted by molar-refractivity contribution is 0.0982. The van der Waals surface area contributed by atoms with Gasteiger partial charge in [-0.25, -0.2) is 0 Å². The molecule has 0 N–H and O–H groups in total. The van der Waals surface area contributed by atoms with Gasteiger partial charge in [-0.1, -0.05) is 30.3 Å². The first-order valence-electron chi connectivity index (χ1n) is 6.53. The Morgan fingerprint density at radius 2 is 1.55 bits per heavy atom. The van der Waals surface area contributed by atoms with Crippen LogP contribution in [0.2, 0.25) is 0 Å². The van der Waals surface area contributed by atoms with E-state index in [1.54, 1.807) is 32.4 Å². The lowest BCUT2D eigenvalue weighted by Crippen LogP contribution is -2.02. The van der Waals surface area contributed by atoms with E-state index < -0.39 is 0 Å². The Bertz CT molecular complexity index is 554. The van der Waals surface area contributed by atoms with Gasteiger partial charge in [0, 0.05) is 18.1 Å². The van der Waals surface area contributed by atoms with E-state index in [0.29, 0.717) is 23.5 Å². The van der Waals surface area contributed by atoms with Gasteiger partial charge in [-0.3, -0.25) is 4.79 Å². The van der Waals surface area contributed by atoms with Crippen molar-refractivity contribution in [2.24, 2.45) is 0 Å². The number of carbonyl (C=O) groups is 1. The van der Waals surface area contributed by atoms with Crippen LogP contribution in [0.1, 0.15) is 22.3 Å². The van der Waals surface area contributed by atoms with Crippen molar-refractivity contribution in [1.29, 1.82) is 0 Å². The van der Waals surface area contributed by atoms with Crippen LogP contribution in [0.25, 0.3) is 0 Å². The van der Waals surface area contributed by atoms with Crippen molar-refractivity contribution in [3.05, 3.63) is 59.7 Å². The summed E-state index contributed by atoms with van der Waals surface area (Å²) in [4.78, 5) is 12.2. The number of hydrogen-bond acceptors (Lipinski definition) is 3. The monoisotopic (exact) mass is 270 g/mol. The maximum Gasteiger partial charge on any atom is 0.163 e. The van der Waals surface area contributed by atoms with Crippen molar-refractivity contribution in [2.75, 3.05) is 14.2 Å². The highest BCUT2D eigenvalue weighted by Gasteiger charge is 2.10. The molecule has 0 aliphatic carbocycles. The fourth-order valence-corrected chi connectivity index (χ4v) is 2.02. The SMILES string of the molecule is COc1cc(OC)cc(C(=O)CCc2ccccc2)c1. The lowest BCUT2D eigenvalue weighted by atomic mass is 10.0. The average molecular weight is 270 g/mol. The van der Waals surface area contributed by atoms with Crippen LogP contribution < -0.4 is 9.47 Å². The van der Waals surface area contributed by atoms with Gasteiger partial charge in [-0.05, 0) is 24.1 Å². The van der Waals surface area contributed by atoms with Gasteiger partial charge in [0.15, 0.2) is 5.78 Å². The normalized spacial score (nSPS) is 10.1. The number of rotatable bonds is 6. The van der Waals surface area contributed by atoms with E-state index in [4.69, 9.17) is 9.47 Å². The van der Waals surface area contributed by atoms with Crippen LogP contribution in [-0.2, 0) is 6.42 Å². The number of hydrogen-bond donors (Lipinski definition) is 0. The third-order valence-corrected chi connectivity index (χ3v) is 3.16. The summed E-state index contributed by atoms with van der Waals surface area (Å²) in [5.74, 6) is 1.35. The number of ketones is 1. The molecule has 2 aromatic rings. The minimum atomic E-state index is 0.0889. The molecule has 3 nitrogen and oxygen atoms in total. The summed E-state index contributed by atoms with van der Waals surface area (Å²) >= 11 is 0. The van der Waals surface area contributed by atoms with Crippen LogP contribution in [0, 0.1) is 0 Å². The van der Waals surface area contributed by atoms with Gasteiger partial charge in [0.05, 0.1) is 14.2 Å². The van der Waals surface area contributed by atoms with Gasteiger partial charge in [0.2, 0.25) is 0 Å². The molecule has 0 amide bonds. The predicted octanol–water partition coefficient (Wildman–Crippen LogP) is 3.52. The molecule has 0 aromatic heterocycles. The molecule has 3 heteroatoms. The topological polar surface area (TPSA) is 35.5 Å². The molecule has 0 aliphatic heterocycles. The van der Waals surface area contributed by atoms with Crippen LogP contribution >= 0.6 is 0 Å². The van der Waals surface area contributed by atoms with Gasteiger partial charge < -0.3 is 9.47 Å². The third kappa shape index (κ3) is 3.60. The van der Waals surface area contributed by atoms with Gasteiger partial charge in [0.25, 0.3) is 0 Å². The third-order valence-electron chi connectivity index (χ3n) is 3.16. The largest absolute Gasteiger partial charge is 0.497 e. The molecule has 0 saturated heterocycles. The zero-order valence-electron chi connectivity index (χ0n) is 11.8. The number of ether oxygens (including phenoxy) is 2. The van der Waals surface area contributed by atoms with E-state index in [9.17, 15) is 4.79 Å². The first-order valence-corrected chi connectivity index (χ1v) is 6.53. The lowest BCUT2D eigenvalue weighted by Gasteiger charge is -2.08. The first kappa shape index (κ1) is 14.1. The standard InChI is InChI=1S/C17H18O3/c1-19-15-10-14(11-16(12-15)20-2)17(18)9-8-13-6-4-3-5-7-13/h3-7,10-12H,8-9H2,1-2H3. The van der Waals surface area contributed by atoms with Gasteiger partial charge >= 0.3 is 0 Å². The molecule has 0 fully saturated rings. The minimum Gasteiger partial charge on any atom is -0.497 e.